The van der Waals surface area contributed by atoms with Crippen molar-refractivity contribution >= 4 is 22.4 Å². The molecule has 1 heterocycles. The van der Waals surface area contributed by atoms with E-state index in [0.717, 1.165) is 16.7 Å². The number of aromatic nitrogens is 2. The van der Waals surface area contributed by atoms with Crippen LogP contribution in [0.5, 0.6) is 11.5 Å². The summed E-state index contributed by atoms with van der Waals surface area (Å²) in [5, 5.41) is 22.9. The van der Waals surface area contributed by atoms with E-state index in [9.17, 15) is 20.2 Å². The largest absolute Gasteiger partial charge is 0.493 e. The Balaban J connectivity index is 1.75. The molecule has 10 nitrogen and oxygen atoms in total. The van der Waals surface area contributed by atoms with E-state index >= 15 is 0 Å². The zero-order valence-corrected chi connectivity index (χ0v) is 18.1. The number of imidazole rings is 1. The Morgan fingerprint density at radius 1 is 1.00 bits per heavy atom. The van der Waals surface area contributed by atoms with Gasteiger partial charge in [-0.3, -0.25) is 20.2 Å². The van der Waals surface area contributed by atoms with Gasteiger partial charge in [0.25, 0.3) is 5.69 Å². The van der Waals surface area contributed by atoms with Crippen molar-refractivity contribution in [1.82, 2.24) is 9.97 Å². The third-order valence-corrected chi connectivity index (χ3v) is 5.28. The fourth-order valence-corrected chi connectivity index (χ4v) is 3.51. The second-order valence-corrected chi connectivity index (χ2v) is 7.55. The number of benzene rings is 3. The minimum Gasteiger partial charge on any atom is -0.493 e. The summed E-state index contributed by atoms with van der Waals surface area (Å²) in [4.78, 5) is 29.2. The number of nitrogens with zero attached hydrogens (tertiary/aromatic N) is 3. The lowest BCUT2D eigenvalue weighted by atomic mass is 10.1. The van der Waals surface area contributed by atoms with Crippen LogP contribution in [0.25, 0.3) is 22.4 Å². The molecule has 0 amide bonds. The van der Waals surface area contributed by atoms with Crippen molar-refractivity contribution in [3.63, 3.8) is 0 Å². The van der Waals surface area contributed by atoms with E-state index in [1.807, 2.05) is 32.0 Å². The quantitative estimate of drug-likeness (QED) is 0.301. The standard InChI is InChI=1S/C23H20N4O6/c1-13-4-5-14(2)16(8-13)12-33-22-20(27(30)31)9-15(10-21(22)32-3)23-24-18-7-6-17(26(28)29)11-19(18)25-23/h4-11H,12H2,1-3H3,(H,24,25). The molecule has 0 saturated heterocycles. The Labute approximate surface area is 188 Å². The van der Waals surface area contributed by atoms with Crippen molar-refractivity contribution in [2.75, 3.05) is 7.11 Å². The third kappa shape index (κ3) is 4.31. The number of rotatable bonds is 7. The van der Waals surface area contributed by atoms with Gasteiger partial charge >= 0.3 is 5.69 Å². The summed E-state index contributed by atoms with van der Waals surface area (Å²) >= 11 is 0. The zero-order valence-electron chi connectivity index (χ0n) is 18.1. The van der Waals surface area contributed by atoms with E-state index in [4.69, 9.17) is 9.47 Å². The fraction of sp³-hybridized carbons (Fsp3) is 0.174. The minimum atomic E-state index is -0.544. The number of H-pyrrole nitrogens is 1. The molecule has 0 spiro atoms. The van der Waals surface area contributed by atoms with Gasteiger partial charge in [-0.05, 0) is 37.1 Å². The van der Waals surface area contributed by atoms with Crippen LogP contribution in [0.1, 0.15) is 16.7 Å². The summed E-state index contributed by atoms with van der Waals surface area (Å²) in [5.74, 6) is 0.503. The number of aryl methyl sites for hydroxylation is 2. The third-order valence-electron chi connectivity index (χ3n) is 5.28. The van der Waals surface area contributed by atoms with Crippen LogP contribution in [0.4, 0.5) is 11.4 Å². The highest BCUT2D eigenvalue weighted by atomic mass is 16.6. The van der Waals surface area contributed by atoms with Gasteiger partial charge in [-0.2, -0.15) is 0 Å². The van der Waals surface area contributed by atoms with E-state index in [0.29, 0.717) is 22.4 Å². The Kier molecular flexibility index (Phi) is 5.65. The molecule has 1 aromatic heterocycles. The van der Waals surface area contributed by atoms with Crippen molar-refractivity contribution in [3.8, 4) is 22.9 Å². The fourth-order valence-electron chi connectivity index (χ4n) is 3.51. The summed E-state index contributed by atoms with van der Waals surface area (Å²) in [7, 11) is 1.40. The number of hydrogen-bond acceptors (Lipinski definition) is 7. The first-order chi connectivity index (χ1) is 15.8. The number of nitrogens with one attached hydrogen (secondary N) is 1. The molecule has 0 saturated carbocycles. The number of non-ortho nitro benzene ring substituents is 1. The van der Waals surface area contributed by atoms with Gasteiger partial charge in [0.2, 0.25) is 5.75 Å². The first kappa shape index (κ1) is 21.8. The number of fused-ring (bicyclic) bond motifs is 1. The van der Waals surface area contributed by atoms with Gasteiger partial charge < -0.3 is 14.5 Å². The molecular weight excluding hydrogens is 428 g/mol. The molecule has 10 heteroatoms. The molecule has 3 aromatic carbocycles. The van der Waals surface area contributed by atoms with Crippen molar-refractivity contribution in [2.45, 2.75) is 20.5 Å². The first-order valence-electron chi connectivity index (χ1n) is 9.96. The maximum absolute atomic E-state index is 11.9. The van der Waals surface area contributed by atoms with Gasteiger partial charge in [0.15, 0.2) is 5.75 Å². The highest BCUT2D eigenvalue weighted by Crippen LogP contribution is 2.41. The Bertz CT molecular complexity index is 1400. The topological polar surface area (TPSA) is 133 Å². The molecule has 4 aromatic rings. The van der Waals surface area contributed by atoms with E-state index in [2.05, 4.69) is 9.97 Å². The molecule has 0 aliphatic heterocycles. The maximum Gasteiger partial charge on any atom is 0.315 e. The maximum atomic E-state index is 11.9. The van der Waals surface area contributed by atoms with E-state index in [-0.39, 0.29) is 29.5 Å². The number of nitro benzene ring substituents is 2. The second kappa shape index (κ2) is 8.58. The predicted molar refractivity (Wildman–Crippen MR) is 122 cm³/mol. The lowest BCUT2D eigenvalue weighted by Crippen LogP contribution is -2.03. The molecule has 4 rings (SSSR count). The Hall–Kier alpha value is -4.47. The summed E-state index contributed by atoms with van der Waals surface area (Å²) in [6, 6.07) is 13.1. The zero-order chi connectivity index (χ0) is 23.7. The normalized spacial score (nSPS) is 10.9. The molecular formula is C23H20N4O6. The molecule has 0 radical (unpaired) electrons. The van der Waals surface area contributed by atoms with Gasteiger partial charge in [0.05, 0.1) is 28.0 Å². The molecule has 1 N–H and O–H groups in total. The summed E-state index contributed by atoms with van der Waals surface area (Å²) in [6.45, 7) is 4.04. The Morgan fingerprint density at radius 3 is 2.48 bits per heavy atom. The van der Waals surface area contributed by atoms with Gasteiger partial charge in [0, 0.05) is 23.8 Å². The molecule has 0 atom stereocenters. The molecule has 0 aliphatic carbocycles. The Morgan fingerprint density at radius 2 is 1.79 bits per heavy atom. The molecule has 0 unspecified atom stereocenters. The van der Waals surface area contributed by atoms with E-state index < -0.39 is 9.85 Å². The number of methoxy groups -OCH3 is 1. The SMILES string of the molecule is COc1cc(-c2nc3ccc([N+](=O)[O-])cc3[nH]2)cc([N+](=O)[O-])c1OCc1cc(C)ccc1C. The van der Waals surface area contributed by atoms with Gasteiger partial charge in [0.1, 0.15) is 12.4 Å². The first-order valence-corrected chi connectivity index (χ1v) is 9.96. The predicted octanol–water partition coefficient (Wildman–Crippen LogP) is 5.25. The highest BCUT2D eigenvalue weighted by molar-refractivity contribution is 5.82. The van der Waals surface area contributed by atoms with Crippen LogP contribution in [0.3, 0.4) is 0 Å². The average molecular weight is 448 g/mol. The monoisotopic (exact) mass is 448 g/mol. The van der Waals surface area contributed by atoms with Crippen LogP contribution in [0.2, 0.25) is 0 Å². The summed E-state index contributed by atoms with van der Waals surface area (Å²) in [6.07, 6.45) is 0. The molecule has 0 fully saturated rings. The van der Waals surface area contributed by atoms with Crippen molar-refractivity contribution < 1.29 is 19.3 Å². The molecule has 0 bridgehead atoms. The molecule has 33 heavy (non-hydrogen) atoms. The number of hydrogen-bond donors (Lipinski definition) is 1. The van der Waals surface area contributed by atoms with Crippen LogP contribution in [0.15, 0.2) is 48.5 Å². The van der Waals surface area contributed by atoms with Crippen LogP contribution in [0, 0.1) is 34.1 Å². The van der Waals surface area contributed by atoms with E-state index in [1.54, 1.807) is 6.07 Å². The van der Waals surface area contributed by atoms with Crippen molar-refractivity contribution in [1.29, 1.82) is 0 Å². The van der Waals surface area contributed by atoms with Crippen LogP contribution < -0.4 is 9.47 Å². The highest BCUT2D eigenvalue weighted by Gasteiger charge is 2.24. The van der Waals surface area contributed by atoms with Crippen LogP contribution in [-0.2, 0) is 6.61 Å². The number of nitro groups is 2. The van der Waals surface area contributed by atoms with Crippen molar-refractivity contribution in [2.24, 2.45) is 0 Å². The van der Waals surface area contributed by atoms with Crippen LogP contribution >= 0.6 is 0 Å². The lowest BCUT2D eigenvalue weighted by Gasteiger charge is -2.14. The smallest absolute Gasteiger partial charge is 0.315 e. The summed E-state index contributed by atoms with van der Waals surface area (Å²) in [5.41, 5.74) is 3.93. The summed E-state index contributed by atoms with van der Waals surface area (Å²) < 4.78 is 11.3. The van der Waals surface area contributed by atoms with Crippen molar-refractivity contribution in [3.05, 3.63) is 85.4 Å². The van der Waals surface area contributed by atoms with Gasteiger partial charge in [-0.1, -0.05) is 23.8 Å². The molecule has 0 aliphatic rings. The average Bonchev–Trinajstić information content (AvgIpc) is 3.22. The van der Waals surface area contributed by atoms with E-state index in [1.165, 1.54) is 31.4 Å². The van der Waals surface area contributed by atoms with Gasteiger partial charge in [-0.15, -0.1) is 0 Å². The molecule has 168 valence electrons. The number of aromatic amines is 1. The second-order valence-electron chi connectivity index (χ2n) is 7.55. The number of ether oxygens (including phenoxy) is 2. The minimum absolute atomic E-state index is 0.0129. The van der Waals surface area contributed by atoms with Gasteiger partial charge in [-0.25, -0.2) is 4.98 Å². The lowest BCUT2D eigenvalue weighted by molar-refractivity contribution is -0.386. The van der Waals surface area contributed by atoms with Crippen LogP contribution in [-0.4, -0.2) is 26.9 Å².